The van der Waals surface area contributed by atoms with Crippen LogP contribution in [0.4, 0.5) is 0 Å². The fourth-order valence-corrected chi connectivity index (χ4v) is 1.38. The Morgan fingerprint density at radius 1 is 0.909 bits per heavy atom. The summed E-state index contributed by atoms with van der Waals surface area (Å²) in [6, 6.07) is 0. The highest BCUT2D eigenvalue weighted by Crippen LogP contribution is 2.08. The first-order valence-electron chi connectivity index (χ1n) is 4.23. The lowest BCUT2D eigenvalue weighted by molar-refractivity contribution is 0.218. The van der Waals surface area contributed by atoms with Gasteiger partial charge in [0.15, 0.2) is 0 Å². The Bertz CT molecular complexity index is 143. The summed E-state index contributed by atoms with van der Waals surface area (Å²) >= 11 is 0. The normalized spacial score (nSPS) is 19.8. The fraction of sp³-hybridized carbons (Fsp3) is 1.00. The molecule has 0 saturated carbocycles. The molecule has 0 aromatic rings. The van der Waals surface area contributed by atoms with Gasteiger partial charge in [-0.2, -0.15) is 5.01 Å². The highest BCUT2D eigenvalue weighted by molar-refractivity contribution is 4.57. The van der Waals surface area contributed by atoms with E-state index in [4.69, 9.17) is 5.53 Å². The van der Waals surface area contributed by atoms with E-state index in [9.17, 15) is 0 Å². The van der Waals surface area contributed by atoms with Crippen LogP contribution < -0.4 is 5.22 Å². The third-order valence-electron chi connectivity index (χ3n) is 2.00. The molecule has 4 heteroatoms. The third kappa shape index (κ3) is 3.14. The van der Waals surface area contributed by atoms with E-state index in [0.29, 0.717) is 0 Å². The first-order chi connectivity index (χ1) is 5.43. The van der Waals surface area contributed by atoms with Crippen LogP contribution >= 0.6 is 0 Å². The van der Waals surface area contributed by atoms with Gasteiger partial charge in [-0.15, -0.1) is 0 Å². The van der Waals surface area contributed by atoms with Crippen molar-refractivity contribution in [2.45, 2.75) is 32.1 Å². The third-order valence-corrected chi connectivity index (χ3v) is 2.00. The van der Waals surface area contributed by atoms with Crippen molar-refractivity contribution in [1.82, 2.24) is 10.2 Å². The van der Waals surface area contributed by atoms with Gasteiger partial charge in [-0.1, -0.05) is 6.42 Å². The van der Waals surface area contributed by atoms with E-state index in [2.05, 4.69) is 10.1 Å². The number of rotatable bonds is 1. The summed E-state index contributed by atoms with van der Waals surface area (Å²) in [6.45, 7) is 1.87. The first kappa shape index (κ1) is 8.21. The molecule has 1 rings (SSSR count). The number of hydrogen-bond acceptors (Lipinski definition) is 1. The van der Waals surface area contributed by atoms with Gasteiger partial charge in [-0.25, -0.2) is 0 Å². The second-order valence-electron chi connectivity index (χ2n) is 2.90. The van der Waals surface area contributed by atoms with Crippen LogP contribution in [0.25, 0.3) is 10.4 Å². The summed E-state index contributed by atoms with van der Waals surface area (Å²) in [5.41, 5.74) is 8.20. The topological polar surface area (TPSA) is 53.7 Å². The molecule has 0 atom stereocenters. The van der Waals surface area contributed by atoms with Crippen molar-refractivity contribution in [2.75, 3.05) is 13.1 Å². The highest BCUT2D eigenvalue weighted by Gasteiger charge is 2.11. The van der Waals surface area contributed by atoms with Gasteiger partial charge in [-0.3, -0.25) is 0 Å². The minimum Gasteiger partial charge on any atom is -0.153 e. The van der Waals surface area contributed by atoms with Crippen LogP contribution in [0.2, 0.25) is 0 Å². The molecule has 11 heavy (non-hydrogen) atoms. The molecular formula is C7H14N4+. The van der Waals surface area contributed by atoms with E-state index in [1.807, 2.05) is 5.01 Å². The molecule has 0 aromatic heterocycles. The van der Waals surface area contributed by atoms with Gasteiger partial charge in [-0.05, 0) is 25.7 Å². The molecule has 1 aliphatic heterocycles. The molecule has 1 aliphatic rings. The van der Waals surface area contributed by atoms with Crippen LogP contribution in [0.5, 0.6) is 0 Å². The van der Waals surface area contributed by atoms with Crippen LogP contribution in [-0.2, 0) is 0 Å². The molecule has 1 radical (unpaired) electrons. The zero-order valence-electron chi connectivity index (χ0n) is 6.74. The number of azide groups is 1. The minimum absolute atomic E-state index is 0.935. The molecule has 1 heterocycles. The maximum Gasteiger partial charge on any atom is 0.219 e. The van der Waals surface area contributed by atoms with E-state index in [1.165, 1.54) is 32.1 Å². The largest absolute Gasteiger partial charge is 0.219 e. The minimum atomic E-state index is 0.935. The van der Waals surface area contributed by atoms with E-state index >= 15 is 0 Å². The molecule has 0 aliphatic carbocycles. The van der Waals surface area contributed by atoms with Crippen molar-refractivity contribution >= 4 is 0 Å². The number of nitrogens with zero attached hydrogens (tertiary/aromatic N) is 4. The maximum absolute atomic E-state index is 8.20. The molecule has 0 unspecified atom stereocenters. The molecule has 0 spiro atoms. The van der Waals surface area contributed by atoms with Gasteiger partial charge < -0.3 is 0 Å². The van der Waals surface area contributed by atoms with E-state index in [-0.39, 0.29) is 0 Å². The smallest absolute Gasteiger partial charge is 0.153 e. The van der Waals surface area contributed by atoms with Crippen LogP contribution in [0, 0.1) is 0 Å². The standard InChI is InChI=1S/C7H14N4/c8-9-10-11-6-4-2-1-3-5-7-11/h1-7H2/q+1. The van der Waals surface area contributed by atoms with Crippen molar-refractivity contribution in [2.24, 2.45) is 0 Å². The molecule has 0 amide bonds. The summed E-state index contributed by atoms with van der Waals surface area (Å²) < 4.78 is 0. The lowest BCUT2D eigenvalue weighted by Crippen LogP contribution is -2.27. The molecule has 0 N–H and O–H groups in total. The Balaban J connectivity index is 2.31. The molecular weight excluding hydrogens is 140 g/mol. The monoisotopic (exact) mass is 154 g/mol. The summed E-state index contributed by atoms with van der Waals surface area (Å²) in [6.07, 6.45) is 6.22. The van der Waals surface area contributed by atoms with E-state index < -0.39 is 0 Å². The lowest BCUT2D eigenvalue weighted by atomic mass is 10.1. The molecule has 0 aromatic carbocycles. The molecule has 0 bridgehead atoms. The Morgan fingerprint density at radius 3 is 2.00 bits per heavy atom. The number of hydrogen-bond donors (Lipinski definition) is 0. The van der Waals surface area contributed by atoms with Gasteiger partial charge in [0, 0.05) is 0 Å². The van der Waals surface area contributed by atoms with Gasteiger partial charge in [0.2, 0.25) is 10.8 Å². The van der Waals surface area contributed by atoms with Crippen molar-refractivity contribution in [1.29, 1.82) is 0 Å². The average molecular weight is 154 g/mol. The Kier molecular flexibility index (Phi) is 3.62. The SMILES string of the molecule is [N-]=[N+]=[N+]N1CCCCCCC1. The molecule has 4 nitrogen and oxygen atoms in total. The first-order valence-corrected chi connectivity index (χ1v) is 4.23. The van der Waals surface area contributed by atoms with Gasteiger partial charge in [0.1, 0.15) is 13.1 Å². The second-order valence-corrected chi connectivity index (χ2v) is 2.90. The van der Waals surface area contributed by atoms with Crippen molar-refractivity contribution in [3.63, 3.8) is 0 Å². The van der Waals surface area contributed by atoms with Crippen LogP contribution in [-0.4, -0.2) is 18.1 Å². The van der Waals surface area contributed by atoms with E-state index in [1.54, 1.807) is 0 Å². The predicted octanol–water partition coefficient (Wildman–Crippen LogP) is 1.81. The molecule has 1 fully saturated rings. The quantitative estimate of drug-likeness (QED) is 0.323. The van der Waals surface area contributed by atoms with Crippen LogP contribution in [0.15, 0.2) is 0 Å². The Morgan fingerprint density at radius 2 is 1.45 bits per heavy atom. The van der Waals surface area contributed by atoms with Crippen molar-refractivity contribution in [3.8, 4) is 0 Å². The predicted molar refractivity (Wildman–Crippen MR) is 43.5 cm³/mol. The summed E-state index contributed by atoms with van der Waals surface area (Å²) in [7, 11) is 0. The van der Waals surface area contributed by atoms with Crippen LogP contribution in [0.1, 0.15) is 32.1 Å². The van der Waals surface area contributed by atoms with Crippen LogP contribution in [0.3, 0.4) is 0 Å². The fourth-order valence-electron chi connectivity index (χ4n) is 1.38. The van der Waals surface area contributed by atoms with Gasteiger partial charge in [0.05, 0.1) is 4.91 Å². The van der Waals surface area contributed by atoms with E-state index in [0.717, 1.165) is 13.1 Å². The zero-order valence-corrected chi connectivity index (χ0v) is 6.74. The summed E-state index contributed by atoms with van der Waals surface area (Å²) in [5, 5.41) is 5.43. The zero-order chi connectivity index (χ0) is 7.94. The Hall–Kier alpha value is -0.890. The van der Waals surface area contributed by atoms with Gasteiger partial charge in [0.25, 0.3) is 0 Å². The molecule has 61 valence electrons. The average Bonchev–Trinajstić information content (AvgIpc) is 1.94. The highest BCUT2D eigenvalue weighted by atomic mass is 15.5. The maximum atomic E-state index is 8.20. The Labute approximate surface area is 66.8 Å². The summed E-state index contributed by atoms with van der Waals surface area (Å²) in [4.78, 5) is 2.78. The molecule has 1 saturated heterocycles. The lowest BCUT2D eigenvalue weighted by Gasteiger charge is -2.11. The second kappa shape index (κ2) is 4.85. The summed E-state index contributed by atoms with van der Waals surface area (Å²) in [5.74, 6) is 0. The van der Waals surface area contributed by atoms with Crippen molar-refractivity contribution in [3.05, 3.63) is 10.4 Å². The van der Waals surface area contributed by atoms with Crippen molar-refractivity contribution < 1.29 is 0 Å². The van der Waals surface area contributed by atoms with Gasteiger partial charge >= 0.3 is 0 Å².